The number of hydrogen-bond donors (Lipinski definition) is 1. The quantitative estimate of drug-likeness (QED) is 0.683. The number of carbonyl (C=O) groups is 1. The van der Waals surface area contributed by atoms with E-state index in [-0.39, 0.29) is 10.6 Å². The fourth-order valence-corrected chi connectivity index (χ4v) is 0.880. The summed E-state index contributed by atoms with van der Waals surface area (Å²) in [7, 11) is 0. The summed E-state index contributed by atoms with van der Waals surface area (Å²) < 4.78 is 12.3. The van der Waals surface area contributed by atoms with Crippen LogP contribution in [-0.4, -0.2) is 5.91 Å². The van der Waals surface area contributed by atoms with Gasteiger partial charge in [-0.2, -0.15) is 0 Å². The van der Waals surface area contributed by atoms with E-state index in [2.05, 4.69) is 6.07 Å². The summed E-state index contributed by atoms with van der Waals surface area (Å²) in [5.41, 5.74) is 4.98. The molecule has 0 atom stereocenters. The topological polar surface area (TPSA) is 43.1 Å². The minimum Gasteiger partial charge on any atom is -0.366 e. The van der Waals surface area contributed by atoms with Gasteiger partial charge in [0.2, 0.25) is 5.91 Å². The largest absolute Gasteiger partial charge is 0.366 e. The van der Waals surface area contributed by atoms with Crippen molar-refractivity contribution in [2.45, 2.75) is 0 Å². The van der Waals surface area contributed by atoms with E-state index in [1.165, 1.54) is 6.07 Å². The zero-order valence-corrected chi connectivity index (χ0v) is 6.15. The highest BCUT2D eigenvalue weighted by Crippen LogP contribution is 2.15. The number of primary amides is 1. The molecule has 0 aliphatic heterocycles. The van der Waals surface area contributed by atoms with Crippen LogP contribution in [0.3, 0.4) is 0 Å². The molecule has 1 radical (unpaired) electrons. The van der Waals surface area contributed by atoms with Crippen LogP contribution in [0.1, 0.15) is 10.4 Å². The summed E-state index contributed by atoms with van der Waals surface area (Å²) in [4.78, 5) is 10.5. The van der Waals surface area contributed by atoms with Gasteiger partial charge in [-0.15, -0.1) is 0 Å². The Labute approximate surface area is 67.8 Å². The van der Waals surface area contributed by atoms with Gasteiger partial charge < -0.3 is 5.73 Å². The number of rotatable bonds is 1. The van der Waals surface area contributed by atoms with Gasteiger partial charge in [-0.1, -0.05) is 11.6 Å². The minimum atomic E-state index is -0.689. The van der Waals surface area contributed by atoms with Crippen molar-refractivity contribution in [3.8, 4) is 0 Å². The van der Waals surface area contributed by atoms with Gasteiger partial charge in [0.15, 0.2) is 0 Å². The molecule has 11 heavy (non-hydrogen) atoms. The smallest absolute Gasteiger partial charge is 0.250 e. The standard InChI is InChI=1S/C7H4ClFNO/c8-6-3-4(9)1-2-5(6)7(10)11/h1-2H,(H2,10,11). The van der Waals surface area contributed by atoms with Crippen molar-refractivity contribution in [2.24, 2.45) is 5.73 Å². The number of amides is 1. The first-order valence-corrected chi connectivity index (χ1v) is 3.16. The highest BCUT2D eigenvalue weighted by Gasteiger charge is 2.06. The molecule has 1 amide bonds. The third kappa shape index (κ3) is 1.68. The van der Waals surface area contributed by atoms with E-state index in [4.69, 9.17) is 17.3 Å². The van der Waals surface area contributed by atoms with E-state index in [1.54, 1.807) is 0 Å². The fourth-order valence-electron chi connectivity index (χ4n) is 0.634. The van der Waals surface area contributed by atoms with Gasteiger partial charge in [0.25, 0.3) is 0 Å². The Morgan fingerprint density at radius 1 is 1.64 bits per heavy atom. The van der Waals surface area contributed by atoms with E-state index in [1.807, 2.05) is 0 Å². The number of nitrogens with two attached hydrogens (primary N) is 1. The van der Waals surface area contributed by atoms with Gasteiger partial charge in [0.1, 0.15) is 5.82 Å². The molecule has 1 aromatic carbocycles. The van der Waals surface area contributed by atoms with Crippen molar-refractivity contribution in [3.63, 3.8) is 0 Å². The van der Waals surface area contributed by atoms with Crippen LogP contribution < -0.4 is 5.73 Å². The van der Waals surface area contributed by atoms with Gasteiger partial charge in [0, 0.05) is 6.07 Å². The van der Waals surface area contributed by atoms with Crippen molar-refractivity contribution in [3.05, 3.63) is 34.6 Å². The van der Waals surface area contributed by atoms with Crippen molar-refractivity contribution >= 4 is 17.5 Å². The molecule has 0 unspecified atom stereocenters. The van der Waals surface area contributed by atoms with E-state index in [0.29, 0.717) is 0 Å². The maximum Gasteiger partial charge on any atom is 0.250 e. The van der Waals surface area contributed by atoms with Gasteiger partial charge in [-0.05, 0) is 12.1 Å². The molecule has 0 aromatic heterocycles. The average molecular weight is 173 g/mol. The first-order valence-electron chi connectivity index (χ1n) is 2.78. The number of halogens is 2. The summed E-state index contributed by atoms with van der Waals surface area (Å²) in [5.74, 6) is -1.30. The van der Waals surface area contributed by atoms with Crippen LogP contribution in [0, 0.1) is 11.9 Å². The molecule has 0 bridgehead atoms. The predicted molar refractivity (Wildman–Crippen MR) is 38.8 cm³/mol. The second-order valence-electron chi connectivity index (χ2n) is 1.90. The van der Waals surface area contributed by atoms with Crippen LogP contribution in [0.2, 0.25) is 5.02 Å². The fraction of sp³-hybridized carbons (Fsp3) is 0. The molecule has 1 aromatic rings. The van der Waals surface area contributed by atoms with Crippen LogP contribution in [0.4, 0.5) is 4.39 Å². The maximum absolute atomic E-state index is 12.3. The van der Waals surface area contributed by atoms with Crippen LogP contribution in [0.25, 0.3) is 0 Å². The molecule has 0 saturated heterocycles. The molecule has 0 saturated carbocycles. The SMILES string of the molecule is NC(=O)c1ccc(F)[c]c1Cl. The molecule has 2 nitrogen and oxygen atoms in total. The molecule has 0 spiro atoms. The molecular weight excluding hydrogens is 169 g/mol. The maximum atomic E-state index is 12.3. The zero-order chi connectivity index (χ0) is 8.43. The second-order valence-corrected chi connectivity index (χ2v) is 2.28. The molecule has 57 valence electrons. The Balaban J connectivity index is 3.20. The van der Waals surface area contributed by atoms with Crippen molar-refractivity contribution in [2.75, 3.05) is 0 Å². The summed E-state index contributed by atoms with van der Waals surface area (Å²) in [6, 6.07) is 4.41. The minimum absolute atomic E-state index is 0.0769. The van der Waals surface area contributed by atoms with Crippen LogP contribution >= 0.6 is 11.6 Å². The Kier molecular flexibility index (Phi) is 2.10. The summed E-state index contributed by atoms with van der Waals surface area (Å²) in [5, 5.41) is -0.0856. The van der Waals surface area contributed by atoms with Gasteiger partial charge >= 0.3 is 0 Å². The van der Waals surface area contributed by atoms with Gasteiger partial charge in [-0.3, -0.25) is 4.79 Å². The van der Waals surface area contributed by atoms with Crippen molar-refractivity contribution in [1.29, 1.82) is 0 Å². The Morgan fingerprint density at radius 2 is 2.27 bits per heavy atom. The molecule has 0 aliphatic carbocycles. The second kappa shape index (κ2) is 2.88. The summed E-state index contributed by atoms with van der Waals surface area (Å²) in [6.07, 6.45) is 0. The monoisotopic (exact) mass is 172 g/mol. The van der Waals surface area contributed by atoms with Crippen LogP contribution in [-0.2, 0) is 0 Å². The number of benzene rings is 1. The summed E-state index contributed by atoms with van der Waals surface area (Å²) in [6.45, 7) is 0. The predicted octanol–water partition coefficient (Wildman–Crippen LogP) is 1.38. The zero-order valence-electron chi connectivity index (χ0n) is 5.40. The highest BCUT2D eigenvalue weighted by molar-refractivity contribution is 6.33. The molecule has 1 rings (SSSR count). The Bertz CT molecular complexity index is 300. The lowest BCUT2D eigenvalue weighted by Crippen LogP contribution is -2.11. The van der Waals surface area contributed by atoms with Crippen molar-refractivity contribution < 1.29 is 9.18 Å². The average Bonchev–Trinajstić information content (AvgIpc) is 1.85. The first-order chi connectivity index (χ1) is 5.11. The number of hydrogen-bond acceptors (Lipinski definition) is 1. The molecule has 4 heteroatoms. The van der Waals surface area contributed by atoms with Gasteiger partial charge in [0.05, 0.1) is 10.6 Å². The molecule has 0 fully saturated rings. The third-order valence-corrected chi connectivity index (χ3v) is 1.43. The van der Waals surface area contributed by atoms with E-state index in [9.17, 15) is 9.18 Å². The first kappa shape index (κ1) is 8.01. The molecule has 2 N–H and O–H groups in total. The lowest BCUT2D eigenvalue weighted by molar-refractivity contribution is 0.100. The molecule has 0 heterocycles. The molecular formula is C7H4ClFNO. The Hall–Kier alpha value is -1.09. The normalized spacial score (nSPS) is 9.64. The van der Waals surface area contributed by atoms with Gasteiger partial charge in [-0.25, -0.2) is 4.39 Å². The summed E-state index contributed by atoms with van der Waals surface area (Å²) >= 11 is 5.43. The van der Waals surface area contributed by atoms with Crippen LogP contribution in [0.15, 0.2) is 12.1 Å². The Morgan fingerprint density at radius 3 is 2.73 bits per heavy atom. The number of carbonyl (C=O) groups excluding carboxylic acids is 1. The third-order valence-electron chi connectivity index (χ3n) is 1.13. The molecule has 0 aliphatic rings. The van der Waals surface area contributed by atoms with E-state index < -0.39 is 11.7 Å². The lowest BCUT2D eigenvalue weighted by Gasteiger charge is -1.96. The van der Waals surface area contributed by atoms with Crippen LogP contribution in [0.5, 0.6) is 0 Å². The highest BCUT2D eigenvalue weighted by atomic mass is 35.5. The van der Waals surface area contributed by atoms with E-state index in [0.717, 1.165) is 6.07 Å². The van der Waals surface area contributed by atoms with Crippen molar-refractivity contribution in [1.82, 2.24) is 0 Å². The van der Waals surface area contributed by atoms with E-state index >= 15 is 0 Å². The lowest BCUT2D eigenvalue weighted by atomic mass is 10.2.